The lowest BCUT2D eigenvalue weighted by atomic mass is 10.1. The van der Waals surface area contributed by atoms with Crippen molar-refractivity contribution in [2.24, 2.45) is 0 Å². The molecule has 5 heteroatoms. The van der Waals surface area contributed by atoms with Crippen LogP contribution in [-0.4, -0.2) is 29.1 Å². The number of benzene rings is 2. The molecule has 4 rings (SSSR count). The van der Waals surface area contributed by atoms with Crippen molar-refractivity contribution in [1.82, 2.24) is 9.55 Å². The number of ether oxygens (including phenoxy) is 1. The average molecular weight is 349 g/mol. The van der Waals surface area contributed by atoms with Crippen LogP contribution in [0.15, 0.2) is 48.5 Å². The lowest BCUT2D eigenvalue weighted by Crippen LogP contribution is -2.24. The van der Waals surface area contributed by atoms with E-state index in [0.29, 0.717) is 13.0 Å². The van der Waals surface area contributed by atoms with Crippen molar-refractivity contribution in [3.05, 3.63) is 54.4 Å². The van der Waals surface area contributed by atoms with Crippen LogP contribution in [0.25, 0.3) is 11.0 Å². The normalized spacial score (nSPS) is 17.2. The Bertz CT molecular complexity index is 930. The maximum absolute atomic E-state index is 12.7. The van der Waals surface area contributed by atoms with Crippen molar-refractivity contribution in [1.29, 1.82) is 0 Å². The van der Waals surface area contributed by atoms with Gasteiger partial charge in [-0.15, -0.1) is 0 Å². The SMILES string of the molecule is CCCn1c([C@@H]2CC(=O)N(c3ccc(OC)cc3)C2)nc2ccccc21. The fraction of sp³-hybridized carbons (Fsp3) is 0.333. The van der Waals surface area contributed by atoms with E-state index in [0.717, 1.165) is 41.3 Å². The highest BCUT2D eigenvalue weighted by atomic mass is 16.5. The van der Waals surface area contributed by atoms with E-state index in [-0.39, 0.29) is 11.8 Å². The molecule has 5 nitrogen and oxygen atoms in total. The molecule has 1 saturated heterocycles. The van der Waals surface area contributed by atoms with Crippen LogP contribution in [-0.2, 0) is 11.3 Å². The molecule has 134 valence electrons. The van der Waals surface area contributed by atoms with Gasteiger partial charge in [0.05, 0.1) is 18.1 Å². The Morgan fingerprint density at radius 2 is 1.92 bits per heavy atom. The molecule has 0 bridgehead atoms. The van der Waals surface area contributed by atoms with E-state index in [1.54, 1.807) is 7.11 Å². The number of imidazole rings is 1. The Kier molecular flexibility index (Phi) is 4.37. The van der Waals surface area contributed by atoms with Crippen LogP contribution in [0.5, 0.6) is 5.75 Å². The molecule has 0 saturated carbocycles. The number of aromatic nitrogens is 2. The largest absolute Gasteiger partial charge is 0.497 e. The van der Waals surface area contributed by atoms with Gasteiger partial charge in [-0.05, 0) is 42.8 Å². The highest BCUT2D eigenvalue weighted by molar-refractivity contribution is 5.96. The molecule has 0 N–H and O–H groups in total. The highest BCUT2D eigenvalue weighted by Gasteiger charge is 2.34. The molecule has 2 heterocycles. The van der Waals surface area contributed by atoms with Crippen LogP contribution >= 0.6 is 0 Å². The number of carbonyl (C=O) groups excluding carboxylic acids is 1. The lowest BCUT2D eigenvalue weighted by Gasteiger charge is -2.17. The summed E-state index contributed by atoms with van der Waals surface area (Å²) in [6, 6.07) is 15.9. The number of rotatable bonds is 5. The molecule has 0 unspecified atom stereocenters. The van der Waals surface area contributed by atoms with Gasteiger partial charge in [0.25, 0.3) is 0 Å². The predicted octanol–water partition coefficient (Wildman–Crippen LogP) is 3.98. The third-order valence-electron chi connectivity index (χ3n) is 5.01. The van der Waals surface area contributed by atoms with Crippen molar-refractivity contribution >= 4 is 22.6 Å². The van der Waals surface area contributed by atoms with Crippen molar-refractivity contribution in [3.8, 4) is 5.75 Å². The quantitative estimate of drug-likeness (QED) is 0.700. The Morgan fingerprint density at radius 3 is 2.65 bits per heavy atom. The number of nitrogens with zero attached hydrogens (tertiary/aromatic N) is 3. The van der Waals surface area contributed by atoms with E-state index in [9.17, 15) is 4.79 Å². The zero-order chi connectivity index (χ0) is 18.1. The second-order valence-corrected chi connectivity index (χ2v) is 6.71. The first-order valence-electron chi connectivity index (χ1n) is 9.11. The topological polar surface area (TPSA) is 47.4 Å². The molecule has 1 atom stereocenters. The fourth-order valence-electron chi connectivity index (χ4n) is 3.76. The highest BCUT2D eigenvalue weighted by Crippen LogP contribution is 2.33. The van der Waals surface area contributed by atoms with Crippen LogP contribution in [0.4, 0.5) is 5.69 Å². The average Bonchev–Trinajstić information content (AvgIpc) is 3.23. The third-order valence-corrected chi connectivity index (χ3v) is 5.01. The van der Waals surface area contributed by atoms with Gasteiger partial charge in [-0.1, -0.05) is 19.1 Å². The summed E-state index contributed by atoms with van der Waals surface area (Å²) in [4.78, 5) is 19.4. The predicted molar refractivity (Wildman–Crippen MR) is 103 cm³/mol. The van der Waals surface area contributed by atoms with E-state index in [1.165, 1.54) is 0 Å². The van der Waals surface area contributed by atoms with Crippen LogP contribution < -0.4 is 9.64 Å². The maximum atomic E-state index is 12.7. The van der Waals surface area contributed by atoms with Crippen LogP contribution in [0.2, 0.25) is 0 Å². The molecule has 2 aromatic carbocycles. The Balaban J connectivity index is 1.66. The number of hydrogen-bond acceptors (Lipinski definition) is 3. The summed E-state index contributed by atoms with van der Waals surface area (Å²) in [5.74, 6) is 2.08. The monoisotopic (exact) mass is 349 g/mol. The van der Waals surface area contributed by atoms with Crippen molar-refractivity contribution in [3.63, 3.8) is 0 Å². The zero-order valence-electron chi connectivity index (χ0n) is 15.2. The summed E-state index contributed by atoms with van der Waals surface area (Å²) in [6.45, 7) is 3.75. The molecule has 1 aliphatic heterocycles. The molecule has 1 aromatic heterocycles. The molecule has 1 amide bonds. The summed E-state index contributed by atoms with van der Waals surface area (Å²) in [5, 5.41) is 0. The van der Waals surface area contributed by atoms with E-state index in [2.05, 4.69) is 17.6 Å². The van der Waals surface area contributed by atoms with E-state index in [4.69, 9.17) is 9.72 Å². The van der Waals surface area contributed by atoms with Crippen LogP contribution in [0, 0.1) is 0 Å². The van der Waals surface area contributed by atoms with Crippen molar-refractivity contribution < 1.29 is 9.53 Å². The second kappa shape index (κ2) is 6.83. The Hall–Kier alpha value is -2.82. The second-order valence-electron chi connectivity index (χ2n) is 6.71. The summed E-state index contributed by atoms with van der Waals surface area (Å²) in [7, 11) is 1.64. The van der Waals surface area contributed by atoms with Gasteiger partial charge >= 0.3 is 0 Å². The number of methoxy groups -OCH3 is 1. The van der Waals surface area contributed by atoms with Gasteiger partial charge in [0, 0.05) is 31.1 Å². The summed E-state index contributed by atoms with van der Waals surface area (Å²) in [5.41, 5.74) is 3.07. The smallest absolute Gasteiger partial charge is 0.227 e. The first kappa shape index (κ1) is 16.6. The van der Waals surface area contributed by atoms with Crippen molar-refractivity contribution in [2.75, 3.05) is 18.6 Å². The number of anilines is 1. The molecule has 1 fully saturated rings. The van der Waals surface area contributed by atoms with Gasteiger partial charge in [0.1, 0.15) is 11.6 Å². The van der Waals surface area contributed by atoms with E-state index >= 15 is 0 Å². The number of aryl methyl sites for hydroxylation is 1. The fourth-order valence-corrected chi connectivity index (χ4v) is 3.76. The molecule has 0 radical (unpaired) electrons. The molecular formula is C21H23N3O2. The Morgan fingerprint density at radius 1 is 1.15 bits per heavy atom. The maximum Gasteiger partial charge on any atom is 0.227 e. The molecule has 1 aliphatic rings. The van der Waals surface area contributed by atoms with E-state index in [1.807, 2.05) is 47.4 Å². The van der Waals surface area contributed by atoms with Gasteiger partial charge in [0.15, 0.2) is 0 Å². The third kappa shape index (κ3) is 2.83. The zero-order valence-corrected chi connectivity index (χ0v) is 15.2. The Labute approximate surface area is 153 Å². The molecule has 0 aliphatic carbocycles. The molecule has 0 spiro atoms. The minimum atomic E-state index is 0.114. The molecule has 3 aromatic rings. The van der Waals surface area contributed by atoms with Crippen molar-refractivity contribution in [2.45, 2.75) is 32.2 Å². The van der Waals surface area contributed by atoms with Gasteiger partial charge in [-0.2, -0.15) is 0 Å². The van der Waals surface area contributed by atoms with Gasteiger partial charge in [-0.3, -0.25) is 4.79 Å². The van der Waals surface area contributed by atoms with E-state index < -0.39 is 0 Å². The molecular weight excluding hydrogens is 326 g/mol. The lowest BCUT2D eigenvalue weighted by molar-refractivity contribution is -0.117. The van der Waals surface area contributed by atoms with Gasteiger partial charge < -0.3 is 14.2 Å². The summed E-state index contributed by atoms with van der Waals surface area (Å²) in [6.07, 6.45) is 1.54. The number of carbonyl (C=O) groups is 1. The number of amides is 1. The number of hydrogen-bond donors (Lipinski definition) is 0. The number of para-hydroxylation sites is 2. The van der Waals surface area contributed by atoms with Gasteiger partial charge in [-0.25, -0.2) is 4.98 Å². The first-order valence-corrected chi connectivity index (χ1v) is 9.11. The van der Waals surface area contributed by atoms with Gasteiger partial charge in [0.2, 0.25) is 5.91 Å². The minimum Gasteiger partial charge on any atom is -0.497 e. The first-order chi connectivity index (χ1) is 12.7. The number of fused-ring (bicyclic) bond motifs is 1. The summed E-state index contributed by atoms with van der Waals surface area (Å²) >= 11 is 0. The standard InChI is InChI=1S/C21H23N3O2/c1-3-12-23-19-7-5-4-6-18(19)22-21(23)15-13-20(25)24(14-15)16-8-10-17(26-2)11-9-16/h4-11,15H,3,12-14H2,1-2H3/t15-/m1/s1. The van der Waals surface area contributed by atoms with Crippen LogP contribution in [0.3, 0.4) is 0 Å². The van der Waals surface area contributed by atoms with Crippen LogP contribution in [0.1, 0.15) is 31.5 Å². The summed E-state index contributed by atoms with van der Waals surface area (Å²) < 4.78 is 7.49. The minimum absolute atomic E-state index is 0.114. The molecule has 26 heavy (non-hydrogen) atoms.